The van der Waals surface area contributed by atoms with Gasteiger partial charge in [0.25, 0.3) is 0 Å². The molecule has 1 aliphatic carbocycles. The quantitative estimate of drug-likeness (QED) is 0.857. The Balaban J connectivity index is 2.08. The summed E-state index contributed by atoms with van der Waals surface area (Å²) in [5.41, 5.74) is 0.689. The third kappa shape index (κ3) is 3.24. The van der Waals surface area contributed by atoms with Crippen LogP contribution in [0.1, 0.15) is 51.1 Å². The van der Waals surface area contributed by atoms with Gasteiger partial charge in [0, 0.05) is 15.5 Å². The van der Waals surface area contributed by atoms with Gasteiger partial charge in [0.05, 0.1) is 6.04 Å². The summed E-state index contributed by atoms with van der Waals surface area (Å²) in [6, 6.07) is 5.27. The van der Waals surface area contributed by atoms with E-state index in [4.69, 9.17) is 23.2 Å². The zero-order chi connectivity index (χ0) is 14.0. The van der Waals surface area contributed by atoms with Crippen molar-refractivity contribution in [1.82, 2.24) is 5.32 Å². The predicted octanol–water partition coefficient (Wildman–Crippen LogP) is 4.75. The highest BCUT2D eigenvalue weighted by molar-refractivity contribution is 6.35. The van der Waals surface area contributed by atoms with Gasteiger partial charge in [-0.05, 0) is 37.5 Å². The van der Waals surface area contributed by atoms with E-state index in [-0.39, 0.29) is 17.4 Å². The summed E-state index contributed by atoms with van der Waals surface area (Å²) in [6.45, 7) is 4.00. The second-order valence-electron chi connectivity index (χ2n) is 5.63. The summed E-state index contributed by atoms with van der Waals surface area (Å²) >= 11 is 12.0. The predicted molar refractivity (Wildman–Crippen MR) is 79.6 cm³/mol. The van der Waals surface area contributed by atoms with Crippen LogP contribution in [0.2, 0.25) is 10.0 Å². The van der Waals surface area contributed by atoms with Crippen LogP contribution in [0, 0.1) is 5.41 Å². The van der Waals surface area contributed by atoms with Gasteiger partial charge in [0.2, 0.25) is 5.91 Å². The number of benzene rings is 1. The van der Waals surface area contributed by atoms with Crippen LogP contribution >= 0.6 is 23.2 Å². The Labute approximate surface area is 124 Å². The number of hydrogen-bond donors (Lipinski definition) is 1. The first-order chi connectivity index (χ1) is 8.92. The number of amides is 1. The van der Waals surface area contributed by atoms with E-state index in [2.05, 4.69) is 5.32 Å². The number of carbonyl (C=O) groups excluding carboxylic acids is 1. The molecule has 19 heavy (non-hydrogen) atoms. The fraction of sp³-hybridized carbons (Fsp3) is 0.533. The maximum atomic E-state index is 12.3. The number of rotatable bonds is 3. The van der Waals surface area contributed by atoms with Crippen LogP contribution in [0.25, 0.3) is 0 Å². The normalized spacial score (nSPS) is 19.2. The van der Waals surface area contributed by atoms with Crippen molar-refractivity contribution in [2.45, 2.75) is 45.6 Å². The van der Waals surface area contributed by atoms with Crippen LogP contribution in [-0.4, -0.2) is 5.91 Å². The molecule has 1 aromatic rings. The SMILES string of the molecule is CC(NC(=O)C1(C)CCCC1)c1ccc(Cl)cc1Cl. The van der Waals surface area contributed by atoms with Crippen LogP contribution in [0.3, 0.4) is 0 Å². The van der Waals surface area contributed by atoms with E-state index in [1.165, 1.54) is 0 Å². The summed E-state index contributed by atoms with van der Waals surface area (Å²) < 4.78 is 0. The van der Waals surface area contributed by atoms with E-state index >= 15 is 0 Å². The van der Waals surface area contributed by atoms with Crippen molar-refractivity contribution in [2.24, 2.45) is 5.41 Å². The van der Waals surface area contributed by atoms with Crippen molar-refractivity contribution in [2.75, 3.05) is 0 Å². The topological polar surface area (TPSA) is 29.1 Å². The first-order valence-electron chi connectivity index (χ1n) is 6.68. The second kappa shape index (κ2) is 5.72. The number of carbonyl (C=O) groups is 1. The summed E-state index contributed by atoms with van der Waals surface area (Å²) in [7, 11) is 0. The monoisotopic (exact) mass is 299 g/mol. The maximum absolute atomic E-state index is 12.3. The van der Waals surface area contributed by atoms with Crippen LogP contribution in [0.4, 0.5) is 0 Å². The zero-order valence-corrected chi connectivity index (χ0v) is 12.8. The molecule has 1 unspecified atom stereocenters. The van der Waals surface area contributed by atoms with Gasteiger partial charge in [-0.25, -0.2) is 0 Å². The summed E-state index contributed by atoms with van der Waals surface area (Å²) in [5, 5.41) is 4.27. The third-order valence-electron chi connectivity index (χ3n) is 4.03. The molecule has 1 atom stereocenters. The molecule has 0 saturated heterocycles. The van der Waals surface area contributed by atoms with Gasteiger partial charge in [-0.3, -0.25) is 4.79 Å². The first-order valence-corrected chi connectivity index (χ1v) is 7.44. The van der Waals surface area contributed by atoms with Crippen LogP contribution in [0.5, 0.6) is 0 Å². The van der Waals surface area contributed by atoms with Crippen molar-refractivity contribution in [1.29, 1.82) is 0 Å². The van der Waals surface area contributed by atoms with Gasteiger partial charge in [-0.1, -0.05) is 49.0 Å². The molecule has 1 aromatic carbocycles. The van der Waals surface area contributed by atoms with E-state index in [9.17, 15) is 4.79 Å². The molecule has 4 heteroatoms. The second-order valence-corrected chi connectivity index (χ2v) is 6.47. The largest absolute Gasteiger partial charge is 0.349 e. The average molecular weight is 300 g/mol. The van der Waals surface area contributed by atoms with Crippen molar-refractivity contribution >= 4 is 29.1 Å². The minimum Gasteiger partial charge on any atom is -0.349 e. The lowest BCUT2D eigenvalue weighted by atomic mass is 9.87. The van der Waals surface area contributed by atoms with Crippen molar-refractivity contribution in [3.8, 4) is 0 Å². The number of nitrogens with one attached hydrogen (secondary N) is 1. The Morgan fingerprint density at radius 3 is 2.53 bits per heavy atom. The molecule has 0 aromatic heterocycles. The Bertz CT molecular complexity index is 481. The van der Waals surface area contributed by atoms with Gasteiger partial charge in [-0.2, -0.15) is 0 Å². The Kier molecular flexibility index (Phi) is 4.42. The molecule has 1 aliphatic rings. The maximum Gasteiger partial charge on any atom is 0.226 e. The minimum absolute atomic E-state index is 0.102. The van der Waals surface area contributed by atoms with E-state index in [0.717, 1.165) is 31.2 Å². The molecule has 1 N–H and O–H groups in total. The lowest BCUT2D eigenvalue weighted by molar-refractivity contribution is -0.130. The van der Waals surface area contributed by atoms with Gasteiger partial charge < -0.3 is 5.32 Å². The highest BCUT2D eigenvalue weighted by Gasteiger charge is 2.36. The molecule has 0 radical (unpaired) electrons. The fourth-order valence-electron chi connectivity index (χ4n) is 2.68. The molecule has 1 saturated carbocycles. The van der Waals surface area contributed by atoms with E-state index < -0.39 is 0 Å². The molecule has 0 spiro atoms. The average Bonchev–Trinajstić information content (AvgIpc) is 2.77. The van der Waals surface area contributed by atoms with E-state index in [1.54, 1.807) is 12.1 Å². The Morgan fingerprint density at radius 1 is 1.32 bits per heavy atom. The number of hydrogen-bond acceptors (Lipinski definition) is 1. The van der Waals surface area contributed by atoms with Crippen LogP contribution in [0.15, 0.2) is 18.2 Å². The minimum atomic E-state index is -0.215. The van der Waals surface area contributed by atoms with Crippen molar-refractivity contribution < 1.29 is 4.79 Å². The summed E-state index contributed by atoms with van der Waals surface area (Å²) in [5.74, 6) is 0.128. The zero-order valence-electron chi connectivity index (χ0n) is 11.3. The molecule has 2 rings (SSSR count). The molecule has 2 nitrogen and oxygen atoms in total. The standard InChI is InChI=1S/C15H19Cl2NO/c1-10(12-6-5-11(16)9-13(12)17)18-14(19)15(2)7-3-4-8-15/h5-6,9-10H,3-4,7-8H2,1-2H3,(H,18,19). The highest BCUT2D eigenvalue weighted by atomic mass is 35.5. The van der Waals surface area contributed by atoms with Crippen LogP contribution < -0.4 is 5.32 Å². The van der Waals surface area contributed by atoms with Crippen LogP contribution in [-0.2, 0) is 4.79 Å². The van der Waals surface area contributed by atoms with Gasteiger partial charge in [0.15, 0.2) is 0 Å². The van der Waals surface area contributed by atoms with E-state index in [0.29, 0.717) is 10.0 Å². The van der Waals surface area contributed by atoms with Crippen molar-refractivity contribution in [3.05, 3.63) is 33.8 Å². The smallest absolute Gasteiger partial charge is 0.226 e. The van der Waals surface area contributed by atoms with Gasteiger partial charge in [-0.15, -0.1) is 0 Å². The summed E-state index contributed by atoms with van der Waals surface area (Å²) in [6.07, 6.45) is 4.22. The Morgan fingerprint density at radius 2 is 1.95 bits per heavy atom. The molecule has 0 aliphatic heterocycles. The molecule has 0 bridgehead atoms. The molecule has 104 valence electrons. The summed E-state index contributed by atoms with van der Waals surface area (Å²) in [4.78, 5) is 12.3. The van der Waals surface area contributed by atoms with Crippen molar-refractivity contribution in [3.63, 3.8) is 0 Å². The van der Waals surface area contributed by atoms with Gasteiger partial charge >= 0.3 is 0 Å². The lowest BCUT2D eigenvalue weighted by Gasteiger charge is -2.25. The molecule has 1 fully saturated rings. The number of halogens is 2. The molecular weight excluding hydrogens is 281 g/mol. The van der Waals surface area contributed by atoms with E-state index in [1.807, 2.05) is 19.9 Å². The Hall–Kier alpha value is -0.730. The molecular formula is C15H19Cl2NO. The fourth-order valence-corrected chi connectivity index (χ4v) is 3.26. The van der Waals surface area contributed by atoms with Gasteiger partial charge in [0.1, 0.15) is 0 Å². The molecule has 1 amide bonds. The lowest BCUT2D eigenvalue weighted by Crippen LogP contribution is -2.38. The first kappa shape index (κ1) is 14.7. The third-order valence-corrected chi connectivity index (χ3v) is 4.59. The molecule has 0 heterocycles. The highest BCUT2D eigenvalue weighted by Crippen LogP contribution is 2.38.